The van der Waals surface area contributed by atoms with Gasteiger partial charge in [-0.2, -0.15) is 0 Å². The van der Waals surface area contributed by atoms with Gasteiger partial charge in [-0.15, -0.1) is 22.7 Å². The minimum absolute atomic E-state index is 0.0606. The molecule has 0 saturated heterocycles. The van der Waals surface area contributed by atoms with Crippen LogP contribution in [0.25, 0.3) is 10.6 Å². The number of benzene rings is 1. The normalized spacial score (nSPS) is 12.1. The number of hydrogen-bond acceptors (Lipinski definition) is 5. The fourth-order valence-corrected chi connectivity index (χ4v) is 4.34. The van der Waals surface area contributed by atoms with E-state index < -0.39 is 0 Å². The highest BCUT2D eigenvalue weighted by Crippen LogP contribution is 2.30. The Bertz CT molecular complexity index is 875. The van der Waals surface area contributed by atoms with Gasteiger partial charge in [-0.1, -0.05) is 36.7 Å². The number of carbonyl (C=O) groups excluding carboxylic acids is 1. The average molecular weight is 392 g/mol. The molecule has 1 aromatic carbocycles. The molecule has 1 unspecified atom stereocenters. The summed E-state index contributed by atoms with van der Waals surface area (Å²) < 4.78 is 0. The quantitative estimate of drug-likeness (QED) is 0.650. The first-order valence-electron chi connectivity index (χ1n) is 7.99. The predicted molar refractivity (Wildman–Crippen MR) is 104 cm³/mol. The molecule has 0 aliphatic rings. The van der Waals surface area contributed by atoms with Gasteiger partial charge in [0.1, 0.15) is 5.01 Å². The summed E-state index contributed by atoms with van der Waals surface area (Å²) in [7, 11) is 0. The first-order chi connectivity index (χ1) is 12.1. The number of halogens is 1. The number of hydrogen-bond donors (Lipinski definition) is 1. The lowest BCUT2D eigenvalue weighted by atomic mass is 10.2. The minimum atomic E-state index is -0.106. The molecule has 0 aliphatic heterocycles. The summed E-state index contributed by atoms with van der Waals surface area (Å²) in [6.45, 7) is 4.02. The second kappa shape index (κ2) is 8.08. The topological polar surface area (TPSA) is 54.9 Å². The number of carbonyl (C=O) groups is 1. The molecule has 2 aromatic heterocycles. The molecule has 25 heavy (non-hydrogen) atoms. The predicted octanol–water partition coefficient (Wildman–Crippen LogP) is 4.90. The number of thiazole rings is 2. The third-order valence-electron chi connectivity index (χ3n) is 3.69. The van der Waals surface area contributed by atoms with Gasteiger partial charge in [-0.3, -0.25) is 4.79 Å². The molecule has 0 aliphatic carbocycles. The Morgan fingerprint density at radius 1 is 1.24 bits per heavy atom. The largest absolute Gasteiger partial charge is 0.348 e. The molecule has 7 heteroatoms. The van der Waals surface area contributed by atoms with Crippen molar-refractivity contribution < 1.29 is 4.79 Å². The zero-order valence-corrected chi connectivity index (χ0v) is 16.3. The van der Waals surface area contributed by atoms with Crippen LogP contribution in [0.1, 0.15) is 36.3 Å². The van der Waals surface area contributed by atoms with Crippen LogP contribution in [-0.2, 0) is 17.6 Å². The standard InChI is InChI=1S/C18H18ClN3OS2/c1-3-17-22-15(10-24-17)11(2)20-16(23)8-12-9-25-18(21-12)13-6-4-5-7-14(13)19/h4-7,9-11H,3,8H2,1-2H3,(H,20,23). The van der Waals surface area contributed by atoms with Crippen molar-refractivity contribution in [2.45, 2.75) is 32.7 Å². The van der Waals surface area contributed by atoms with E-state index in [0.29, 0.717) is 5.02 Å². The second-order valence-corrected chi connectivity index (χ2v) is 7.82. The first-order valence-corrected chi connectivity index (χ1v) is 10.1. The molecule has 3 aromatic rings. The van der Waals surface area contributed by atoms with Crippen molar-refractivity contribution in [3.05, 3.63) is 56.4 Å². The fraction of sp³-hybridized carbons (Fsp3) is 0.278. The molecular weight excluding hydrogens is 374 g/mol. The van der Waals surface area contributed by atoms with Crippen LogP contribution in [-0.4, -0.2) is 15.9 Å². The van der Waals surface area contributed by atoms with Crippen molar-refractivity contribution in [1.29, 1.82) is 0 Å². The molecule has 3 rings (SSSR count). The Kier molecular flexibility index (Phi) is 5.83. The lowest BCUT2D eigenvalue weighted by Crippen LogP contribution is -2.28. The third-order valence-corrected chi connectivity index (χ3v) is 5.96. The van der Waals surface area contributed by atoms with Crippen molar-refractivity contribution in [1.82, 2.24) is 15.3 Å². The van der Waals surface area contributed by atoms with Crippen molar-refractivity contribution in [3.63, 3.8) is 0 Å². The number of rotatable bonds is 6. The van der Waals surface area contributed by atoms with Crippen molar-refractivity contribution in [2.24, 2.45) is 0 Å². The molecule has 0 radical (unpaired) electrons. The van der Waals surface area contributed by atoms with Gasteiger partial charge in [0.15, 0.2) is 0 Å². The second-order valence-electron chi connectivity index (χ2n) is 5.61. The first kappa shape index (κ1) is 18.0. The minimum Gasteiger partial charge on any atom is -0.348 e. The molecule has 1 atom stereocenters. The summed E-state index contributed by atoms with van der Waals surface area (Å²) in [5.74, 6) is -0.0606. The molecule has 4 nitrogen and oxygen atoms in total. The van der Waals surface area contributed by atoms with E-state index in [-0.39, 0.29) is 18.4 Å². The highest BCUT2D eigenvalue weighted by Gasteiger charge is 2.15. The van der Waals surface area contributed by atoms with Crippen LogP contribution >= 0.6 is 34.3 Å². The summed E-state index contributed by atoms with van der Waals surface area (Å²) in [5.41, 5.74) is 2.55. The smallest absolute Gasteiger partial charge is 0.226 e. The van der Waals surface area contributed by atoms with Crippen LogP contribution in [0.3, 0.4) is 0 Å². The number of nitrogens with one attached hydrogen (secondary N) is 1. The molecule has 1 N–H and O–H groups in total. The van der Waals surface area contributed by atoms with Gasteiger partial charge in [0.05, 0.1) is 33.9 Å². The van der Waals surface area contributed by atoms with Crippen molar-refractivity contribution in [3.8, 4) is 10.6 Å². The zero-order valence-electron chi connectivity index (χ0n) is 14.0. The zero-order chi connectivity index (χ0) is 17.8. The number of aromatic nitrogens is 2. The summed E-state index contributed by atoms with van der Waals surface area (Å²) >= 11 is 9.33. The van der Waals surface area contributed by atoms with E-state index in [2.05, 4.69) is 22.2 Å². The van der Waals surface area contributed by atoms with Gasteiger partial charge in [0, 0.05) is 16.3 Å². The molecule has 0 bridgehead atoms. The molecule has 0 fully saturated rings. The van der Waals surface area contributed by atoms with Gasteiger partial charge in [-0.25, -0.2) is 9.97 Å². The van der Waals surface area contributed by atoms with Gasteiger partial charge in [0.25, 0.3) is 0 Å². The highest BCUT2D eigenvalue weighted by atomic mass is 35.5. The van der Waals surface area contributed by atoms with E-state index in [9.17, 15) is 4.79 Å². The Labute approximate surface area is 159 Å². The van der Waals surface area contributed by atoms with Crippen LogP contribution in [0, 0.1) is 0 Å². The van der Waals surface area contributed by atoms with Crippen molar-refractivity contribution >= 4 is 40.2 Å². The summed E-state index contributed by atoms with van der Waals surface area (Å²) in [5, 5.41) is 9.47. The fourth-order valence-electron chi connectivity index (χ4n) is 2.36. The van der Waals surface area contributed by atoms with Crippen molar-refractivity contribution in [2.75, 3.05) is 0 Å². The molecule has 130 valence electrons. The van der Waals surface area contributed by atoms with Crippen LogP contribution < -0.4 is 5.32 Å². The molecule has 2 heterocycles. The molecule has 0 spiro atoms. The van der Waals surface area contributed by atoms with Gasteiger partial charge in [0.2, 0.25) is 5.91 Å². The maximum absolute atomic E-state index is 12.3. The van der Waals surface area contributed by atoms with E-state index in [1.165, 1.54) is 11.3 Å². The van der Waals surface area contributed by atoms with E-state index in [1.54, 1.807) is 11.3 Å². The van der Waals surface area contributed by atoms with E-state index in [0.717, 1.165) is 33.4 Å². The monoisotopic (exact) mass is 391 g/mol. The molecular formula is C18H18ClN3OS2. The maximum Gasteiger partial charge on any atom is 0.226 e. The van der Waals surface area contributed by atoms with Crippen LogP contribution in [0.15, 0.2) is 35.0 Å². The summed E-state index contributed by atoms with van der Waals surface area (Å²) in [6, 6.07) is 7.48. The molecule has 1 amide bonds. The van der Waals surface area contributed by atoms with E-state index in [4.69, 9.17) is 11.6 Å². The highest BCUT2D eigenvalue weighted by molar-refractivity contribution is 7.13. The van der Waals surface area contributed by atoms with E-state index >= 15 is 0 Å². The van der Waals surface area contributed by atoms with E-state index in [1.807, 2.05) is 41.9 Å². The lowest BCUT2D eigenvalue weighted by Gasteiger charge is -2.10. The van der Waals surface area contributed by atoms with Crippen LogP contribution in [0.4, 0.5) is 0 Å². The Morgan fingerprint density at radius 3 is 2.76 bits per heavy atom. The SMILES string of the molecule is CCc1nc(C(C)NC(=O)Cc2csc(-c3ccccc3Cl)n2)cs1. The average Bonchev–Trinajstić information content (AvgIpc) is 3.24. The van der Waals surface area contributed by atoms with Gasteiger partial charge < -0.3 is 5.32 Å². The molecule has 0 saturated carbocycles. The van der Waals surface area contributed by atoms with Crippen LogP contribution in [0.5, 0.6) is 0 Å². The number of nitrogens with zero attached hydrogens (tertiary/aromatic N) is 2. The Balaban J connectivity index is 1.63. The lowest BCUT2D eigenvalue weighted by molar-refractivity contribution is -0.121. The third kappa shape index (κ3) is 4.45. The number of aryl methyl sites for hydroxylation is 1. The maximum atomic E-state index is 12.3. The van der Waals surface area contributed by atoms with Crippen LogP contribution in [0.2, 0.25) is 5.02 Å². The van der Waals surface area contributed by atoms with Gasteiger partial charge in [-0.05, 0) is 19.4 Å². The Hall–Kier alpha value is -1.76. The Morgan fingerprint density at radius 2 is 2.04 bits per heavy atom. The number of amides is 1. The summed E-state index contributed by atoms with van der Waals surface area (Å²) in [4.78, 5) is 21.3. The summed E-state index contributed by atoms with van der Waals surface area (Å²) in [6.07, 6.45) is 1.16. The van der Waals surface area contributed by atoms with Gasteiger partial charge >= 0.3 is 0 Å².